The van der Waals surface area contributed by atoms with Crippen LogP contribution in [-0.2, 0) is 9.53 Å². The monoisotopic (exact) mass is 257 g/mol. The number of amides is 3. The predicted octanol–water partition coefficient (Wildman–Crippen LogP) is 0.378. The minimum atomic E-state index is -0.599. The summed E-state index contributed by atoms with van der Waals surface area (Å²) in [4.78, 5) is 22.6. The third-order valence-corrected chi connectivity index (χ3v) is 3.31. The van der Waals surface area contributed by atoms with Gasteiger partial charge in [0.05, 0.1) is 6.10 Å². The number of rotatable bonds is 4. The van der Waals surface area contributed by atoms with Crippen LogP contribution in [0.5, 0.6) is 0 Å². The molecule has 0 spiro atoms. The molecule has 0 aromatic carbocycles. The highest BCUT2D eigenvalue weighted by Crippen LogP contribution is 2.22. The Morgan fingerprint density at radius 2 is 1.78 bits per heavy atom. The Labute approximate surface area is 108 Å². The first kappa shape index (κ1) is 14.9. The molecule has 0 saturated heterocycles. The molecule has 1 saturated carbocycles. The Morgan fingerprint density at radius 3 is 2.28 bits per heavy atom. The van der Waals surface area contributed by atoms with Crippen molar-refractivity contribution in [2.45, 2.75) is 50.9 Å². The highest BCUT2D eigenvalue weighted by atomic mass is 16.5. The van der Waals surface area contributed by atoms with Crippen molar-refractivity contribution < 1.29 is 14.3 Å². The molecule has 6 nitrogen and oxygen atoms in total. The average Bonchev–Trinajstić information content (AvgIpc) is 2.39. The Bertz CT molecular complexity index is 288. The number of hydrogen-bond donors (Lipinski definition) is 3. The van der Waals surface area contributed by atoms with E-state index in [1.807, 2.05) is 7.05 Å². The van der Waals surface area contributed by atoms with E-state index in [0.717, 1.165) is 25.7 Å². The predicted molar refractivity (Wildman–Crippen MR) is 68.2 cm³/mol. The van der Waals surface area contributed by atoms with Gasteiger partial charge in [0.25, 0.3) is 5.91 Å². The first-order valence-electron chi connectivity index (χ1n) is 6.42. The Balaban J connectivity index is 2.30. The fourth-order valence-electron chi connectivity index (χ4n) is 2.11. The van der Waals surface area contributed by atoms with Gasteiger partial charge in [-0.2, -0.15) is 0 Å². The summed E-state index contributed by atoms with van der Waals surface area (Å²) in [5, 5.41) is 7.79. The summed E-state index contributed by atoms with van der Waals surface area (Å²) < 4.78 is 5.67. The summed E-state index contributed by atoms with van der Waals surface area (Å²) in [5.74, 6) is -0.398. The third kappa shape index (κ3) is 4.62. The minimum absolute atomic E-state index is 0.111. The Morgan fingerprint density at radius 1 is 1.17 bits per heavy atom. The molecule has 0 aliphatic heterocycles. The van der Waals surface area contributed by atoms with E-state index < -0.39 is 18.0 Å². The summed E-state index contributed by atoms with van der Waals surface area (Å²) in [6.07, 6.45) is 3.53. The van der Waals surface area contributed by atoms with Gasteiger partial charge in [0.1, 0.15) is 6.10 Å². The molecule has 3 amide bonds. The second-order valence-electron chi connectivity index (χ2n) is 4.61. The maximum atomic E-state index is 11.6. The molecule has 18 heavy (non-hydrogen) atoms. The normalized spacial score (nSPS) is 25.3. The minimum Gasteiger partial charge on any atom is -0.365 e. The summed E-state index contributed by atoms with van der Waals surface area (Å²) in [6.45, 7) is 1.67. The molecule has 0 radical (unpaired) electrons. The lowest BCUT2D eigenvalue weighted by Crippen LogP contribution is -2.44. The van der Waals surface area contributed by atoms with Gasteiger partial charge in [-0.1, -0.05) is 0 Å². The van der Waals surface area contributed by atoms with Crippen LogP contribution < -0.4 is 16.0 Å². The lowest BCUT2D eigenvalue weighted by atomic mass is 9.93. The maximum absolute atomic E-state index is 11.6. The van der Waals surface area contributed by atoms with Crippen molar-refractivity contribution >= 4 is 11.9 Å². The fraction of sp³-hybridized carbons (Fsp3) is 0.833. The average molecular weight is 257 g/mol. The molecule has 1 atom stereocenters. The summed E-state index contributed by atoms with van der Waals surface area (Å²) >= 11 is 0. The van der Waals surface area contributed by atoms with Crippen molar-refractivity contribution in [3.05, 3.63) is 0 Å². The molecular formula is C12H23N3O3. The highest BCUT2D eigenvalue weighted by Gasteiger charge is 2.25. The maximum Gasteiger partial charge on any atom is 0.321 e. The van der Waals surface area contributed by atoms with Crippen molar-refractivity contribution in [2.75, 3.05) is 14.1 Å². The smallest absolute Gasteiger partial charge is 0.321 e. The molecule has 0 heterocycles. The third-order valence-electron chi connectivity index (χ3n) is 3.31. The quantitative estimate of drug-likeness (QED) is 0.680. The van der Waals surface area contributed by atoms with E-state index in [-0.39, 0.29) is 6.10 Å². The van der Waals surface area contributed by atoms with Crippen LogP contribution in [0.3, 0.4) is 0 Å². The SMILES string of the molecule is CNC(=O)NC(=O)C(C)OC1CCC(NC)CC1. The van der Waals surface area contributed by atoms with Crippen LogP contribution in [-0.4, -0.2) is 44.3 Å². The van der Waals surface area contributed by atoms with Gasteiger partial charge in [-0.05, 0) is 39.7 Å². The van der Waals surface area contributed by atoms with Gasteiger partial charge < -0.3 is 15.4 Å². The standard InChI is InChI=1S/C12H23N3O3/c1-8(11(16)15-12(17)14-3)18-10-6-4-9(13-2)5-7-10/h8-10,13H,4-7H2,1-3H3,(H2,14,15,16,17). The molecule has 1 unspecified atom stereocenters. The van der Waals surface area contributed by atoms with Gasteiger partial charge in [-0.25, -0.2) is 4.79 Å². The van der Waals surface area contributed by atoms with E-state index in [1.165, 1.54) is 7.05 Å². The van der Waals surface area contributed by atoms with Crippen molar-refractivity contribution in [3.63, 3.8) is 0 Å². The number of ether oxygens (including phenoxy) is 1. The zero-order valence-electron chi connectivity index (χ0n) is 11.3. The van der Waals surface area contributed by atoms with E-state index in [9.17, 15) is 9.59 Å². The topological polar surface area (TPSA) is 79.5 Å². The number of carbonyl (C=O) groups excluding carboxylic acids is 2. The molecule has 0 aromatic rings. The lowest BCUT2D eigenvalue weighted by Gasteiger charge is -2.29. The Hall–Kier alpha value is -1.14. The van der Waals surface area contributed by atoms with Crippen LogP contribution in [0.15, 0.2) is 0 Å². The molecule has 6 heteroatoms. The van der Waals surface area contributed by atoms with Crippen molar-refractivity contribution in [3.8, 4) is 0 Å². The fourth-order valence-corrected chi connectivity index (χ4v) is 2.11. The second kappa shape index (κ2) is 7.33. The van der Waals surface area contributed by atoms with Gasteiger partial charge in [0.2, 0.25) is 0 Å². The van der Waals surface area contributed by atoms with Crippen molar-refractivity contribution in [2.24, 2.45) is 0 Å². The van der Waals surface area contributed by atoms with Crippen molar-refractivity contribution in [1.82, 2.24) is 16.0 Å². The van der Waals surface area contributed by atoms with Crippen molar-refractivity contribution in [1.29, 1.82) is 0 Å². The van der Waals surface area contributed by atoms with Gasteiger partial charge in [0, 0.05) is 13.1 Å². The summed E-state index contributed by atoms with van der Waals surface area (Å²) in [6, 6.07) is 0.0502. The van der Waals surface area contributed by atoms with Crippen LogP contribution in [0.25, 0.3) is 0 Å². The molecule has 1 fully saturated rings. The molecule has 0 aromatic heterocycles. The number of urea groups is 1. The molecule has 3 N–H and O–H groups in total. The molecule has 104 valence electrons. The van der Waals surface area contributed by atoms with E-state index >= 15 is 0 Å². The molecule has 1 aliphatic carbocycles. The van der Waals surface area contributed by atoms with Gasteiger partial charge in [-0.15, -0.1) is 0 Å². The Kier molecular flexibility index (Phi) is 6.07. The lowest BCUT2D eigenvalue weighted by molar-refractivity contribution is -0.135. The number of carbonyl (C=O) groups is 2. The first-order chi connectivity index (χ1) is 8.56. The second-order valence-corrected chi connectivity index (χ2v) is 4.61. The molecular weight excluding hydrogens is 234 g/mol. The van der Waals surface area contributed by atoms with Crippen LogP contribution in [0.4, 0.5) is 4.79 Å². The number of nitrogens with one attached hydrogen (secondary N) is 3. The van der Waals surface area contributed by atoms with E-state index in [0.29, 0.717) is 6.04 Å². The number of hydrogen-bond acceptors (Lipinski definition) is 4. The zero-order chi connectivity index (χ0) is 13.5. The van der Waals surface area contributed by atoms with E-state index in [2.05, 4.69) is 16.0 Å². The van der Waals surface area contributed by atoms with Crippen LogP contribution in [0.2, 0.25) is 0 Å². The molecule has 0 bridgehead atoms. The largest absolute Gasteiger partial charge is 0.365 e. The van der Waals surface area contributed by atoms with Crippen LogP contribution in [0.1, 0.15) is 32.6 Å². The molecule has 1 rings (SSSR count). The van der Waals surface area contributed by atoms with Crippen LogP contribution >= 0.6 is 0 Å². The van der Waals surface area contributed by atoms with Gasteiger partial charge >= 0.3 is 6.03 Å². The van der Waals surface area contributed by atoms with Crippen LogP contribution in [0, 0.1) is 0 Å². The van der Waals surface area contributed by atoms with Gasteiger partial charge in [-0.3, -0.25) is 10.1 Å². The van der Waals surface area contributed by atoms with E-state index in [4.69, 9.17) is 4.74 Å². The van der Waals surface area contributed by atoms with Gasteiger partial charge in [0.15, 0.2) is 0 Å². The molecule has 1 aliphatic rings. The highest BCUT2D eigenvalue weighted by molar-refractivity contribution is 5.96. The van der Waals surface area contributed by atoms with E-state index in [1.54, 1.807) is 6.92 Å². The first-order valence-corrected chi connectivity index (χ1v) is 6.42. The zero-order valence-corrected chi connectivity index (χ0v) is 11.3. The summed E-state index contributed by atoms with van der Waals surface area (Å²) in [7, 11) is 3.43. The number of imide groups is 1. The summed E-state index contributed by atoms with van der Waals surface area (Å²) in [5.41, 5.74) is 0.